The van der Waals surface area contributed by atoms with Crippen LogP contribution in [0.4, 0.5) is 0 Å². The van der Waals surface area contributed by atoms with E-state index in [1.165, 1.54) is 6.42 Å². The van der Waals surface area contributed by atoms with Crippen LogP contribution in [0.25, 0.3) is 10.8 Å². The van der Waals surface area contributed by atoms with Crippen molar-refractivity contribution in [3.05, 3.63) is 48.0 Å². The van der Waals surface area contributed by atoms with Crippen LogP contribution in [0, 0.1) is 11.8 Å². The van der Waals surface area contributed by atoms with Gasteiger partial charge in [-0.25, -0.2) is 4.79 Å². The number of esters is 1. The number of hydrogen-bond acceptors (Lipinski definition) is 2. The Kier molecular flexibility index (Phi) is 3.15. The molecule has 2 aromatic rings. The van der Waals surface area contributed by atoms with Crippen LogP contribution in [0.5, 0.6) is 0 Å². The molecule has 4 unspecified atom stereocenters. The van der Waals surface area contributed by atoms with E-state index in [4.69, 9.17) is 16.3 Å². The molecular weight excluding hydrogens is 284 g/mol. The lowest BCUT2D eigenvalue weighted by molar-refractivity contribution is 0.0160. The zero-order valence-corrected chi connectivity index (χ0v) is 12.4. The molecule has 0 saturated heterocycles. The topological polar surface area (TPSA) is 26.3 Å². The Bertz CT molecular complexity index is 696. The molecule has 0 amide bonds. The molecule has 4 rings (SSSR count). The number of benzene rings is 2. The van der Waals surface area contributed by atoms with E-state index in [1.807, 2.05) is 42.5 Å². The monoisotopic (exact) mass is 300 g/mol. The first kappa shape index (κ1) is 13.1. The minimum atomic E-state index is -0.220. The van der Waals surface area contributed by atoms with Crippen molar-refractivity contribution in [1.82, 2.24) is 0 Å². The lowest BCUT2D eigenvalue weighted by atomic mass is 9.97. The molecule has 3 heteroatoms. The molecule has 108 valence electrons. The summed E-state index contributed by atoms with van der Waals surface area (Å²) in [5, 5.41) is 2.39. The Balaban J connectivity index is 1.54. The summed E-state index contributed by atoms with van der Waals surface area (Å²) >= 11 is 6.39. The maximum atomic E-state index is 12.4. The summed E-state index contributed by atoms with van der Waals surface area (Å²) in [4.78, 5) is 12.4. The van der Waals surface area contributed by atoms with Crippen LogP contribution >= 0.6 is 11.6 Å². The fourth-order valence-electron chi connectivity index (χ4n) is 3.84. The highest BCUT2D eigenvalue weighted by atomic mass is 35.5. The number of carbonyl (C=O) groups excluding carboxylic acids is 1. The van der Waals surface area contributed by atoms with E-state index < -0.39 is 0 Å². The van der Waals surface area contributed by atoms with Gasteiger partial charge in [-0.3, -0.25) is 0 Å². The molecule has 0 aliphatic heterocycles. The fourth-order valence-corrected chi connectivity index (χ4v) is 4.36. The molecule has 0 aromatic heterocycles. The molecule has 4 atom stereocenters. The summed E-state index contributed by atoms with van der Waals surface area (Å²) in [6, 6.07) is 13.7. The third-order valence-corrected chi connectivity index (χ3v) is 5.67. The number of alkyl halides is 1. The predicted octanol–water partition coefficient (Wildman–Crippen LogP) is 4.40. The molecule has 0 N–H and O–H groups in total. The number of ether oxygens (including phenoxy) is 1. The Morgan fingerprint density at radius 1 is 1.10 bits per heavy atom. The van der Waals surface area contributed by atoms with Crippen LogP contribution in [0.3, 0.4) is 0 Å². The fraction of sp³-hybridized carbons (Fsp3) is 0.389. The van der Waals surface area contributed by atoms with Gasteiger partial charge in [0.1, 0.15) is 6.10 Å². The van der Waals surface area contributed by atoms with Gasteiger partial charge in [-0.15, -0.1) is 11.6 Å². The maximum absolute atomic E-state index is 12.4. The minimum Gasteiger partial charge on any atom is -0.458 e. The summed E-state index contributed by atoms with van der Waals surface area (Å²) in [5.41, 5.74) is 0.627. The van der Waals surface area contributed by atoms with E-state index in [0.717, 1.165) is 23.6 Å². The summed E-state index contributed by atoms with van der Waals surface area (Å²) in [6.07, 6.45) is 3.21. The molecule has 2 aliphatic rings. The van der Waals surface area contributed by atoms with Crippen molar-refractivity contribution in [3.63, 3.8) is 0 Å². The van der Waals surface area contributed by atoms with Crippen LogP contribution < -0.4 is 0 Å². The van der Waals surface area contributed by atoms with Crippen molar-refractivity contribution in [2.24, 2.45) is 11.8 Å². The highest BCUT2D eigenvalue weighted by Gasteiger charge is 2.49. The second kappa shape index (κ2) is 5.03. The normalized spacial score (nSPS) is 30.7. The van der Waals surface area contributed by atoms with Gasteiger partial charge >= 0.3 is 5.97 Å². The average molecular weight is 301 g/mol. The van der Waals surface area contributed by atoms with Crippen molar-refractivity contribution >= 4 is 28.3 Å². The quantitative estimate of drug-likeness (QED) is 0.607. The second-order valence-corrected chi connectivity index (χ2v) is 6.69. The average Bonchev–Trinajstić information content (AvgIpc) is 3.01. The standard InChI is InChI=1S/C18H17ClO2/c19-17-13-7-8-15(17)16(10-13)21-18(20)14-6-5-11-3-1-2-4-12(11)9-14/h1-6,9,13,15-17H,7-8,10H2. The van der Waals surface area contributed by atoms with Gasteiger partial charge in [0.25, 0.3) is 0 Å². The number of hydrogen-bond donors (Lipinski definition) is 0. The van der Waals surface area contributed by atoms with Gasteiger partial charge in [0, 0.05) is 11.3 Å². The predicted molar refractivity (Wildman–Crippen MR) is 83.6 cm³/mol. The number of rotatable bonds is 2. The van der Waals surface area contributed by atoms with Gasteiger partial charge in [-0.1, -0.05) is 30.3 Å². The SMILES string of the molecule is O=C(OC1CC2CCC1C2Cl)c1ccc2ccccc2c1. The lowest BCUT2D eigenvalue weighted by Gasteiger charge is -2.21. The van der Waals surface area contributed by atoms with Crippen LogP contribution in [-0.2, 0) is 4.74 Å². The number of carbonyl (C=O) groups is 1. The van der Waals surface area contributed by atoms with Crippen LogP contribution in [0.1, 0.15) is 29.6 Å². The van der Waals surface area contributed by atoms with E-state index in [2.05, 4.69) is 0 Å². The zero-order valence-electron chi connectivity index (χ0n) is 11.7. The van der Waals surface area contributed by atoms with Gasteiger partial charge in [0.05, 0.1) is 5.56 Å². The Labute approximate surface area is 129 Å². The molecule has 2 saturated carbocycles. The molecule has 2 nitrogen and oxygen atoms in total. The molecule has 2 aliphatic carbocycles. The molecular formula is C18H17ClO2. The van der Waals surface area contributed by atoms with Crippen molar-refractivity contribution in [1.29, 1.82) is 0 Å². The van der Waals surface area contributed by atoms with Gasteiger partial charge in [-0.2, -0.15) is 0 Å². The zero-order chi connectivity index (χ0) is 14.4. The first-order valence-corrected chi connectivity index (χ1v) is 8.00. The highest BCUT2D eigenvalue weighted by molar-refractivity contribution is 6.21. The number of fused-ring (bicyclic) bond motifs is 3. The van der Waals surface area contributed by atoms with Crippen LogP contribution in [0.2, 0.25) is 0 Å². The Hall–Kier alpha value is -1.54. The molecule has 2 fully saturated rings. The first-order valence-electron chi connectivity index (χ1n) is 7.56. The third-order valence-electron chi connectivity index (χ3n) is 4.99. The first-order chi connectivity index (χ1) is 10.2. The van der Waals surface area contributed by atoms with Crippen molar-refractivity contribution in [2.45, 2.75) is 30.7 Å². The van der Waals surface area contributed by atoms with Gasteiger partial charge < -0.3 is 4.74 Å². The highest BCUT2D eigenvalue weighted by Crippen LogP contribution is 2.49. The van der Waals surface area contributed by atoms with E-state index in [9.17, 15) is 4.79 Å². The molecule has 21 heavy (non-hydrogen) atoms. The maximum Gasteiger partial charge on any atom is 0.338 e. The third kappa shape index (κ3) is 2.22. The van der Waals surface area contributed by atoms with Gasteiger partial charge in [0.15, 0.2) is 0 Å². The lowest BCUT2D eigenvalue weighted by Crippen LogP contribution is -2.25. The molecule has 0 heterocycles. The Morgan fingerprint density at radius 2 is 1.90 bits per heavy atom. The van der Waals surface area contributed by atoms with E-state index in [-0.39, 0.29) is 17.5 Å². The Morgan fingerprint density at radius 3 is 2.62 bits per heavy atom. The van der Waals surface area contributed by atoms with Crippen LogP contribution in [-0.4, -0.2) is 17.5 Å². The smallest absolute Gasteiger partial charge is 0.338 e. The summed E-state index contributed by atoms with van der Waals surface area (Å²) in [5.74, 6) is 0.661. The second-order valence-electron chi connectivity index (χ2n) is 6.19. The van der Waals surface area contributed by atoms with Crippen molar-refractivity contribution in [2.75, 3.05) is 0 Å². The largest absolute Gasteiger partial charge is 0.458 e. The number of halogens is 1. The van der Waals surface area contributed by atoms with Crippen LogP contribution in [0.15, 0.2) is 42.5 Å². The summed E-state index contributed by atoms with van der Waals surface area (Å²) in [7, 11) is 0. The molecule has 0 spiro atoms. The van der Waals surface area contributed by atoms with Gasteiger partial charge in [-0.05, 0) is 48.1 Å². The molecule has 2 bridgehead atoms. The summed E-state index contributed by atoms with van der Waals surface area (Å²) < 4.78 is 5.73. The van der Waals surface area contributed by atoms with Gasteiger partial charge in [0.2, 0.25) is 0 Å². The van der Waals surface area contributed by atoms with Crippen molar-refractivity contribution in [3.8, 4) is 0 Å². The van der Waals surface area contributed by atoms with E-state index >= 15 is 0 Å². The molecule has 2 aromatic carbocycles. The minimum absolute atomic E-state index is 0.00483. The molecule has 0 radical (unpaired) electrons. The summed E-state index contributed by atoms with van der Waals surface area (Å²) in [6.45, 7) is 0. The van der Waals surface area contributed by atoms with Crippen molar-refractivity contribution < 1.29 is 9.53 Å². The van der Waals surface area contributed by atoms with E-state index in [0.29, 0.717) is 17.4 Å². The van der Waals surface area contributed by atoms with E-state index in [1.54, 1.807) is 0 Å².